The zero-order chi connectivity index (χ0) is 21.8. The molecule has 1 atom stereocenters. The van der Waals surface area contributed by atoms with E-state index >= 15 is 0 Å². The highest BCUT2D eigenvalue weighted by Crippen LogP contribution is 2.38. The minimum absolute atomic E-state index is 0. The van der Waals surface area contributed by atoms with Gasteiger partial charge < -0.3 is 15.8 Å². The molecule has 2 heterocycles. The second kappa shape index (κ2) is 10.1. The molecule has 0 amide bonds. The first-order valence-corrected chi connectivity index (χ1v) is 9.78. The zero-order valence-electron chi connectivity index (χ0n) is 17.6. The van der Waals surface area contributed by atoms with Crippen molar-refractivity contribution in [3.63, 3.8) is 0 Å². The van der Waals surface area contributed by atoms with Crippen LogP contribution >= 0.6 is 12.4 Å². The number of nitrogens with zero attached hydrogens (tertiary/aromatic N) is 3. The number of methoxy groups -OCH3 is 1. The van der Waals surface area contributed by atoms with Crippen molar-refractivity contribution >= 4 is 29.9 Å². The van der Waals surface area contributed by atoms with Crippen molar-refractivity contribution in [1.82, 2.24) is 15.0 Å². The molecule has 2 aromatic heterocycles. The predicted octanol–water partition coefficient (Wildman–Crippen LogP) is 5.59. The van der Waals surface area contributed by atoms with Gasteiger partial charge in [0.2, 0.25) is 0 Å². The van der Waals surface area contributed by atoms with Crippen molar-refractivity contribution in [3.05, 3.63) is 90.1 Å². The summed E-state index contributed by atoms with van der Waals surface area (Å²) in [5, 5.41) is 3.15. The lowest BCUT2D eigenvalue weighted by Crippen LogP contribution is -2.08. The summed E-state index contributed by atoms with van der Waals surface area (Å²) < 4.78 is 18.7. The Balaban J connectivity index is 0.00000289. The molecule has 6 nitrogen and oxygen atoms in total. The number of pyridine rings is 1. The zero-order valence-corrected chi connectivity index (χ0v) is 18.4. The number of aromatic nitrogens is 3. The lowest BCUT2D eigenvalue weighted by molar-refractivity contribution is 0.415. The summed E-state index contributed by atoms with van der Waals surface area (Å²) in [5.74, 6) is 1.89. The molecule has 0 bridgehead atoms. The maximum atomic E-state index is 13.4. The molecule has 0 aliphatic heterocycles. The fourth-order valence-corrected chi connectivity index (χ4v) is 3.52. The van der Waals surface area contributed by atoms with Gasteiger partial charge >= 0.3 is 0 Å². The van der Waals surface area contributed by atoms with Crippen molar-refractivity contribution in [1.29, 1.82) is 0 Å². The first-order valence-electron chi connectivity index (χ1n) is 9.78. The van der Waals surface area contributed by atoms with Gasteiger partial charge in [-0.3, -0.25) is 4.98 Å². The summed E-state index contributed by atoms with van der Waals surface area (Å²) in [6, 6.07) is 16.1. The largest absolute Gasteiger partial charge is 0.497 e. The maximum Gasteiger partial charge on any atom is 0.150 e. The van der Waals surface area contributed by atoms with E-state index in [4.69, 9.17) is 10.5 Å². The van der Waals surface area contributed by atoms with Crippen molar-refractivity contribution in [2.24, 2.45) is 0 Å². The Hall–Kier alpha value is -3.71. The number of benzene rings is 2. The highest BCUT2D eigenvalue weighted by Gasteiger charge is 2.20. The molecule has 0 spiro atoms. The molecular weight excluding hydrogens is 429 g/mol. The van der Waals surface area contributed by atoms with Crippen LogP contribution in [0, 0.1) is 5.82 Å². The Morgan fingerprint density at radius 3 is 2.34 bits per heavy atom. The lowest BCUT2D eigenvalue weighted by atomic mass is 9.87. The molecular formula is C24H23ClFN5O. The van der Waals surface area contributed by atoms with Gasteiger partial charge in [0.25, 0.3) is 0 Å². The van der Waals surface area contributed by atoms with Gasteiger partial charge in [0.05, 0.1) is 13.3 Å². The molecule has 32 heavy (non-hydrogen) atoms. The Morgan fingerprint density at radius 1 is 1.00 bits per heavy atom. The molecule has 0 saturated carbocycles. The van der Waals surface area contributed by atoms with Crippen LogP contribution in [0.15, 0.2) is 73.2 Å². The van der Waals surface area contributed by atoms with Crippen LogP contribution < -0.4 is 15.8 Å². The number of halogens is 2. The van der Waals surface area contributed by atoms with Gasteiger partial charge in [-0.2, -0.15) is 0 Å². The Kier molecular flexibility index (Phi) is 7.22. The van der Waals surface area contributed by atoms with Gasteiger partial charge in [0.15, 0.2) is 0 Å². The van der Waals surface area contributed by atoms with E-state index in [1.165, 1.54) is 12.1 Å². The fraction of sp³-hybridized carbons (Fsp3) is 0.125. The van der Waals surface area contributed by atoms with Crippen LogP contribution in [0.5, 0.6) is 5.75 Å². The van der Waals surface area contributed by atoms with Crippen LogP contribution in [0.2, 0.25) is 0 Å². The van der Waals surface area contributed by atoms with Crippen molar-refractivity contribution < 1.29 is 9.13 Å². The Labute approximate surface area is 192 Å². The molecule has 0 fully saturated rings. The predicted molar refractivity (Wildman–Crippen MR) is 127 cm³/mol. The lowest BCUT2D eigenvalue weighted by Gasteiger charge is -2.21. The molecule has 1 unspecified atom stereocenters. The molecule has 4 rings (SSSR count). The molecule has 0 aliphatic rings. The van der Waals surface area contributed by atoms with Gasteiger partial charge in [-0.1, -0.05) is 31.2 Å². The van der Waals surface area contributed by atoms with Gasteiger partial charge in [0, 0.05) is 23.9 Å². The summed E-state index contributed by atoms with van der Waals surface area (Å²) in [6.45, 7) is 2.03. The highest BCUT2D eigenvalue weighted by molar-refractivity contribution is 5.85. The molecule has 0 aliphatic carbocycles. The minimum Gasteiger partial charge on any atom is -0.497 e. The van der Waals surface area contributed by atoms with Crippen LogP contribution in [0.4, 0.5) is 21.8 Å². The minimum atomic E-state index is -0.277. The van der Waals surface area contributed by atoms with Gasteiger partial charge in [-0.15, -0.1) is 12.4 Å². The Bertz CT molecular complexity index is 1170. The number of rotatable bonds is 6. The van der Waals surface area contributed by atoms with Crippen LogP contribution in [0.25, 0.3) is 11.1 Å². The van der Waals surface area contributed by atoms with E-state index in [0.717, 1.165) is 28.0 Å². The molecule has 2 aromatic carbocycles. The van der Waals surface area contributed by atoms with Crippen molar-refractivity contribution in [2.75, 3.05) is 18.2 Å². The number of nitrogens with one attached hydrogen (secondary N) is 1. The third-order valence-corrected chi connectivity index (χ3v) is 5.11. The average Bonchev–Trinajstić information content (AvgIpc) is 2.79. The fourth-order valence-electron chi connectivity index (χ4n) is 3.52. The van der Waals surface area contributed by atoms with E-state index in [0.29, 0.717) is 17.5 Å². The summed E-state index contributed by atoms with van der Waals surface area (Å²) in [4.78, 5) is 12.9. The molecule has 0 radical (unpaired) electrons. The topological polar surface area (TPSA) is 86.0 Å². The average molecular weight is 452 g/mol. The summed E-state index contributed by atoms with van der Waals surface area (Å²) in [7, 11) is 1.63. The van der Waals surface area contributed by atoms with E-state index in [1.54, 1.807) is 37.8 Å². The number of anilines is 3. The third-order valence-electron chi connectivity index (χ3n) is 5.11. The van der Waals surface area contributed by atoms with E-state index < -0.39 is 0 Å². The van der Waals surface area contributed by atoms with Crippen molar-refractivity contribution in [3.8, 4) is 16.9 Å². The van der Waals surface area contributed by atoms with E-state index in [1.807, 2.05) is 37.3 Å². The van der Waals surface area contributed by atoms with E-state index in [-0.39, 0.29) is 24.1 Å². The number of hydrogen-bond acceptors (Lipinski definition) is 6. The van der Waals surface area contributed by atoms with E-state index in [2.05, 4.69) is 20.3 Å². The smallest absolute Gasteiger partial charge is 0.150 e. The standard InChI is InChI=1S/C24H22FN5O.ClH/c1-15(16-3-7-18(25)8-4-16)23-20(17-5-9-19(31-2)10-6-17)13-21(30-24(23)26)29-22-14-27-11-12-28-22;/h3-15H,1-2H3,(H3,26,28,29,30);1H. The number of nitrogen functional groups attached to an aromatic ring is 1. The quantitative estimate of drug-likeness (QED) is 0.397. The second-order valence-electron chi connectivity index (χ2n) is 7.07. The second-order valence-corrected chi connectivity index (χ2v) is 7.07. The highest BCUT2D eigenvalue weighted by atomic mass is 35.5. The first kappa shape index (κ1) is 23.0. The summed E-state index contributed by atoms with van der Waals surface area (Å²) in [6.07, 6.45) is 4.81. The van der Waals surface area contributed by atoms with Crippen LogP contribution in [0.3, 0.4) is 0 Å². The molecule has 164 valence electrons. The molecule has 8 heteroatoms. The third kappa shape index (κ3) is 4.95. The first-order chi connectivity index (χ1) is 15.0. The summed E-state index contributed by atoms with van der Waals surface area (Å²) in [5.41, 5.74) is 10.1. The normalized spacial score (nSPS) is 11.3. The number of ether oxygens (including phenoxy) is 1. The van der Waals surface area contributed by atoms with Crippen LogP contribution in [-0.2, 0) is 0 Å². The summed E-state index contributed by atoms with van der Waals surface area (Å²) >= 11 is 0. The number of nitrogens with two attached hydrogens (primary N) is 1. The number of hydrogen-bond donors (Lipinski definition) is 2. The van der Waals surface area contributed by atoms with Crippen molar-refractivity contribution in [2.45, 2.75) is 12.8 Å². The van der Waals surface area contributed by atoms with Crippen LogP contribution in [-0.4, -0.2) is 22.1 Å². The van der Waals surface area contributed by atoms with E-state index in [9.17, 15) is 4.39 Å². The van der Waals surface area contributed by atoms with Gasteiger partial charge in [-0.05, 0) is 47.0 Å². The monoisotopic (exact) mass is 451 g/mol. The van der Waals surface area contributed by atoms with Crippen LogP contribution in [0.1, 0.15) is 24.0 Å². The molecule has 0 saturated heterocycles. The Morgan fingerprint density at radius 2 is 1.72 bits per heavy atom. The molecule has 3 N–H and O–H groups in total. The van der Waals surface area contributed by atoms with Gasteiger partial charge in [-0.25, -0.2) is 14.4 Å². The molecule has 4 aromatic rings. The SMILES string of the molecule is COc1ccc(-c2cc(Nc3cnccn3)nc(N)c2C(C)c2ccc(F)cc2)cc1.Cl. The van der Waals surface area contributed by atoms with Gasteiger partial charge in [0.1, 0.15) is 29.0 Å². The maximum absolute atomic E-state index is 13.4.